The molecule has 2 aromatic carbocycles. The van der Waals surface area contributed by atoms with Gasteiger partial charge in [-0.3, -0.25) is 9.59 Å². The van der Waals surface area contributed by atoms with Crippen molar-refractivity contribution in [2.45, 2.75) is 20.3 Å². The number of halogens is 1. The van der Waals surface area contributed by atoms with Crippen molar-refractivity contribution in [2.24, 2.45) is 0 Å². The summed E-state index contributed by atoms with van der Waals surface area (Å²) in [7, 11) is 0. The van der Waals surface area contributed by atoms with Gasteiger partial charge in [0.25, 0.3) is 5.91 Å². The second kappa shape index (κ2) is 8.24. The number of ether oxygens (including phenoxy) is 1. The van der Waals surface area contributed by atoms with Gasteiger partial charge in [-0.25, -0.2) is 4.39 Å². The molecule has 0 aliphatic heterocycles. The second-order valence-electron chi connectivity index (χ2n) is 5.20. The van der Waals surface area contributed by atoms with Crippen molar-refractivity contribution >= 4 is 17.4 Å². The SMILES string of the molecule is CCC(=O)c1ccc(OCC(=O)N(CC)c2ccc(F)cc2)cc1. The van der Waals surface area contributed by atoms with Crippen LogP contribution < -0.4 is 9.64 Å². The molecule has 0 fully saturated rings. The number of amides is 1. The molecule has 0 N–H and O–H groups in total. The van der Waals surface area contributed by atoms with E-state index in [4.69, 9.17) is 4.74 Å². The normalized spacial score (nSPS) is 10.3. The van der Waals surface area contributed by atoms with Gasteiger partial charge in [-0.15, -0.1) is 0 Å². The first-order chi connectivity index (χ1) is 11.5. The maximum absolute atomic E-state index is 13.0. The molecular formula is C19H20FNO3. The number of benzene rings is 2. The third-order valence-electron chi connectivity index (χ3n) is 3.62. The average Bonchev–Trinajstić information content (AvgIpc) is 2.62. The van der Waals surface area contributed by atoms with Crippen LogP contribution in [0, 0.1) is 5.82 Å². The first-order valence-electron chi connectivity index (χ1n) is 7.87. The van der Waals surface area contributed by atoms with Crippen molar-refractivity contribution in [3.63, 3.8) is 0 Å². The monoisotopic (exact) mass is 329 g/mol. The minimum absolute atomic E-state index is 0.0612. The molecule has 0 saturated heterocycles. The van der Waals surface area contributed by atoms with Gasteiger partial charge in [-0.05, 0) is 55.5 Å². The number of carbonyl (C=O) groups excluding carboxylic acids is 2. The van der Waals surface area contributed by atoms with Crippen LogP contribution >= 0.6 is 0 Å². The fourth-order valence-electron chi connectivity index (χ4n) is 2.29. The van der Waals surface area contributed by atoms with Gasteiger partial charge >= 0.3 is 0 Å². The summed E-state index contributed by atoms with van der Waals surface area (Å²) in [6, 6.07) is 12.5. The molecule has 1 amide bonds. The van der Waals surface area contributed by atoms with Crippen molar-refractivity contribution in [2.75, 3.05) is 18.1 Å². The van der Waals surface area contributed by atoms with Gasteiger partial charge < -0.3 is 9.64 Å². The van der Waals surface area contributed by atoms with E-state index in [0.717, 1.165) is 0 Å². The zero-order valence-electron chi connectivity index (χ0n) is 13.8. The summed E-state index contributed by atoms with van der Waals surface area (Å²) in [6.45, 7) is 3.97. The van der Waals surface area contributed by atoms with Crippen LogP contribution in [-0.2, 0) is 4.79 Å². The molecule has 0 bridgehead atoms. The average molecular weight is 329 g/mol. The summed E-state index contributed by atoms with van der Waals surface area (Å²) in [5.41, 5.74) is 1.24. The lowest BCUT2D eigenvalue weighted by atomic mass is 10.1. The summed E-state index contributed by atoms with van der Waals surface area (Å²) < 4.78 is 18.5. The van der Waals surface area contributed by atoms with Gasteiger partial charge in [-0.2, -0.15) is 0 Å². The minimum Gasteiger partial charge on any atom is -0.484 e. The molecule has 0 aromatic heterocycles. The topological polar surface area (TPSA) is 46.6 Å². The maximum atomic E-state index is 13.0. The lowest BCUT2D eigenvalue weighted by molar-refractivity contribution is -0.120. The van der Waals surface area contributed by atoms with Crippen LogP contribution in [0.1, 0.15) is 30.6 Å². The Morgan fingerprint density at radius 3 is 2.17 bits per heavy atom. The van der Waals surface area contributed by atoms with Crippen molar-refractivity contribution in [1.29, 1.82) is 0 Å². The molecule has 0 heterocycles. The molecule has 0 aliphatic rings. The summed E-state index contributed by atoms with van der Waals surface area (Å²) in [5, 5.41) is 0. The number of ketones is 1. The van der Waals surface area contributed by atoms with E-state index in [1.54, 1.807) is 43.3 Å². The standard InChI is InChI=1S/C19H20FNO3/c1-3-18(22)14-5-11-17(12-6-14)24-13-19(23)21(4-2)16-9-7-15(20)8-10-16/h5-12H,3-4,13H2,1-2H3. The third-order valence-corrected chi connectivity index (χ3v) is 3.62. The highest BCUT2D eigenvalue weighted by Crippen LogP contribution is 2.17. The van der Waals surface area contributed by atoms with Crippen LogP contribution in [0.25, 0.3) is 0 Å². The number of hydrogen-bond acceptors (Lipinski definition) is 3. The van der Waals surface area contributed by atoms with Gasteiger partial charge in [0.2, 0.25) is 0 Å². The highest BCUT2D eigenvalue weighted by atomic mass is 19.1. The number of likely N-dealkylation sites (N-methyl/N-ethyl adjacent to an activating group) is 1. The summed E-state index contributed by atoms with van der Waals surface area (Å²) in [6.07, 6.45) is 0.446. The quantitative estimate of drug-likeness (QED) is 0.725. The summed E-state index contributed by atoms with van der Waals surface area (Å²) >= 11 is 0. The maximum Gasteiger partial charge on any atom is 0.264 e. The zero-order chi connectivity index (χ0) is 17.5. The molecule has 0 atom stereocenters. The Balaban J connectivity index is 1.98. The van der Waals surface area contributed by atoms with Crippen LogP contribution in [0.2, 0.25) is 0 Å². The van der Waals surface area contributed by atoms with Crippen LogP contribution in [0.5, 0.6) is 5.75 Å². The molecule has 0 saturated carbocycles. The van der Waals surface area contributed by atoms with Crippen LogP contribution in [-0.4, -0.2) is 24.8 Å². The third kappa shape index (κ3) is 4.41. The Hall–Kier alpha value is -2.69. The highest BCUT2D eigenvalue weighted by Gasteiger charge is 2.14. The Kier molecular flexibility index (Phi) is 6.07. The molecule has 0 spiro atoms. The van der Waals surface area contributed by atoms with E-state index in [-0.39, 0.29) is 24.1 Å². The van der Waals surface area contributed by atoms with Crippen LogP contribution in [0.15, 0.2) is 48.5 Å². The molecule has 0 unspecified atom stereocenters. The van der Waals surface area contributed by atoms with E-state index >= 15 is 0 Å². The lowest BCUT2D eigenvalue weighted by Crippen LogP contribution is -2.34. The smallest absolute Gasteiger partial charge is 0.264 e. The molecule has 4 nitrogen and oxygen atoms in total. The second-order valence-corrected chi connectivity index (χ2v) is 5.20. The fourth-order valence-corrected chi connectivity index (χ4v) is 2.29. The van der Waals surface area contributed by atoms with Crippen molar-refractivity contribution < 1.29 is 18.7 Å². The molecule has 0 radical (unpaired) electrons. The number of hydrogen-bond donors (Lipinski definition) is 0. The summed E-state index contributed by atoms with van der Waals surface area (Å²) in [5.74, 6) is 0.00953. The highest BCUT2D eigenvalue weighted by molar-refractivity contribution is 5.96. The Morgan fingerprint density at radius 1 is 1.00 bits per heavy atom. The van der Waals surface area contributed by atoms with Gasteiger partial charge in [0.15, 0.2) is 12.4 Å². The Bertz CT molecular complexity index is 696. The fraction of sp³-hybridized carbons (Fsp3) is 0.263. The molecule has 0 aliphatic carbocycles. The molecule has 126 valence electrons. The largest absolute Gasteiger partial charge is 0.484 e. The van der Waals surface area contributed by atoms with E-state index in [0.29, 0.717) is 30.0 Å². The van der Waals surface area contributed by atoms with Gasteiger partial charge in [0.1, 0.15) is 11.6 Å². The van der Waals surface area contributed by atoms with Crippen molar-refractivity contribution in [1.82, 2.24) is 0 Å². The minimum atomic E-state index is -0.347. The molecular weight excluding hydrogens is 309 g/mol. The Morgan fingerprint density at radius 2 is 1.62 bits per heavy atom. The van der Waals surface area contributed by atoms with Gasteiger partial charge in [-0.1, -0.05) is 6.92 Å². The van der Waals surface area contributed by atoms with Crippen LogP contribution in [0.3, 0.4) is 0 Å². The first-order valence-corrected chi connectivity index (χ1v) is 7.87. The van der Waals surface area contributed by atoms with E-state index in [9.17, 15) is 14.0 Å². The molecule has 2 aromatic rings. The number of rotatable bonds is 7. The molecule has 5 heteroatoms. The molecule has 24 heavy (non-hydrogen) atoms. The molecule has 2 rings (SSSR count). The van der Waals surface area contributed by atoms with Crippen molar-refractivity contribution in [3.8, 4) is 5.75 Å². The van der Waals surface area contributed by atoms with Crippen molar-refractivity contribution in [3.05, 3.63) is 59.9 Å². The number of nitrogens with zero attached hydrogens (tertiary/aromatic N) is 1. The van der Waals surface area contributed by atoms with E-state index < -0.39 is 0 Å². The zero-order valence-corrected chi connectivity index (χ0v) is 13.8. The van der Waals surface area contributed by atoms with E-state index in [1.807, 2.05) is 6.92 Å². The number of anilines is 1. The predicted octanol–water partition coefficient (Wildman–Crippen LogP) is 3.85. The number of carbonyl (C=O) groups is 2. The van der Waals surface area contributed by atoms with E-state index in [2.05, 4.69) is 0 Å². The predicted molar refractivity (Wildman–Crippen MR) is 91.0 cm³/mol. The van der Waals surface area contributed by atoms with Crippen LogP contribution in [0.4, 0.5) is 10.1 Å². The van der Waals surface area contributed by atoms with Gasteiger partial charge in [0.05, 0.1) is 0 Å². The first kappa shape index (κ1) is 17.7. The Labute approximate surface area is 140 Å². The van der Waals surface area contributed by atoms with E-state index in [1.165, 1.54) is 17.0 Å². The lowest BCUT2D eigenvalue weighted by Gasteiger charge is -2.21. The number of Topliss-reactive ketones (excluding diaryl/α,β-unsaturated/α-hetero) is 1. The summed E-state index contributed by atoms with van der Waals surface area (Å²) in [4.78, 5) is 25.4. The van der Waals surface area contributed by atoms with Gasteiger partial charge in [0, 0.05) is 24.2 Å².